The minimum atomic E-state index is -0.343. The van der Waals surface area contributed by atoms with Gasteiger partial charge in [-0.3, -0.25) is 10.1 Å². The van der Waals surface area contributed by atoms with Crippen LogP contribution in [0.25, 0.3) is 0 Å². The maximum atomic E-state index is 11.0. The van der Waals surface area contributed by atoms with Gasteiger partial charge in [-0.1, -0.05) is 39.0 Å². The number of nitrogens with zero attached hydrogens (tertiary/aromatic N) is 1. The third-order valence-electron chi connectivity index (χ3n) is 3.66. The second kappa shape index (κ2) is 6.18. The molecule has 116 valence electrons. The van der Waals surface area contributed by atoms with E-state index in [9.17, 15) is 10.1 Å². The lowest BCUT2D eigenvalue weighted by Crippen LogP contribution is -2.14. The van der Waals surface area contributed by atoms with Crippen LogP contribution in [-0.4, -0.2) is 12.0 Å². The molecule has 0 amide bonds. The minimum Gasteiger partial charge on any atom is -0.497 e. The van der Waals surface area contributed by atoms with Crippen LogP contribution in [0, 0.1) is 10.1 Å². The lowest BCUT2D eigenvalue weighted by molar-refractivity contribution is -0.384. The predicted molar refractivity (Wildman–Crippen MR) is 87.6 cm³/mol. The van der Waals surface area contributed by atoms with Crippen molar-refractivity contribution in [2.75, 3.05) is 7.11 Å². The van der Waals surface area contributed by atoms with E-state index >= 15 is 0 Å². The molecule has 0 aliphatic carbocycles. The summed E-state index contributed by atoms with van der Waals surface area (Å²) in [6.45, 7) is 6.35. The molecule has 0 unspecified atom stereocenters. The molecule has 0 radical (unpaired) electrons. The van der Waals surface area contributed by atoms with Crippen molar-refractivity contribution in [2.45, 2.75) is 32.6 Å². The molecule has 2 aromatic carbocycles. The Bertz CT molecular complexity index is 670. The molecule has 22 heavy (non-hydrogen) atoms. The van der Waals surface area contributed by atoms with Crippen LogP contribution in [0.15, 0.2) is 42.5 Å². The van der Waals surface area contributed by atoms with Crippen LogP contribution >= 0.6 is 0 Å². The number of methoxy groups -OCH3 is 1. The average molecular weight is 299 g/mol. The van der Waals surface area contributed by atoms with E-state index in [0.29, 0.717) is 6.42 Å². The molecule has 0 fully saturated rings. The van der Waals surface area contributed by atoms with Crippen LogP contribution in [0.1, 0.15) is 37.5 Å². The second-order valence-electron chi connectivity index (χ2n) is 6.37. The first-order valence-electron chi connectivity index (χ1n) is 7.22. The molecular weight excluding hydrogens is 278 g/mol. The summed E-state index contributed by atoms with van der Waals surface area (Å²) in [6, 6.07) is 12.9. The van der Waals surface area contributed by atoms with E-state index in [1.807, 2.05) is 30.3 Å². The number of hydrogen-bond donors (Lipinski definition) is 0. The van der Waals surface area contributed by atoms with Gasteiger partial charge in [0.25, 0.3) is 5.69 Å². The lowest BCUT2D eigenvalue weighted by atomic mass is 9.82. The van der Waals surface area contributed by atoms with Crippen molar-refractivity contribution in [3.8, 4) is 5.75 Å². The van der Waals surface area contributed by atoms with Gasteiger partial charge >= 0.3 is 0 Å². The molecule has 0 saturated heterocycles. The average Bonchev–Trinajstić information content (AvgIpc) is 2.46. The Morgan fingerprint density at radius 1 is 1.09 bits per heavy atom. The molecule has 0 N–H and O–H groups in total. The summed E-state index contributed by atoms with van der Waals surface area (Å²) < 4.78 is 5.16. The standard InChI is InChI=1S/C18H21NO3/c1-18(2,3)17-10-7-15(19(20)21)12-14(17)11-13-5-8-16(22-4)9-6-13/h5-10,12H,11H2,1-4H3. The Morgan fingerprint density at radius 2 is 1.73 bits per heavy atom. The van der Waals surface area contributed by atoms with Gasteiger partial charge in [0.05, 0.1) is 12.0 Å². The van der Waals surface area contributed by atoms with E-state index in [-0.39, 0.29) is 16.0 Å². The van der Waals surface area contributed by atoms with E-state index in [1.165, 1.54) is 0 Å². The third kappa shape index (κ3) is 3.64. The van der Waals surface area contributed by atoms with Gasteiger partial charge in [0.1, 0.15) is 5.75 Å². The van der Waals surface area contributed by atoms with Gasteiger partial charge in [-0.15, -0.1) is 0 Å². The molecule has 0 heterocycles. The van der Waals surface area contributed by atoms with Crippen molar-refractivity contribution >= 4 is 5.69 Å². The zero-order valence-corrected chi connectivity index (χ0v) is 13.4. The first-order chi connectivity index (χ1) is 10.3. The highest BCUT2D eigenvalue weighted by molar-refractivity contribution is 5.45. The number of hydrogen-bond acceptors (Lipinski definition) is 3. The van der Waals surface area contributed by atoms with Crippen LogP contribution in [0.5, 0.6) is 5.75 Å². The molecule has 0 aromatic heterocycles. The summed E-state index contributed by atoms with van der Waals surface area (Å²) >= 11 is 0. The van der Waals surface area contributed by atoms with E-state index < -0.39 is 0 Å². The molecule has 0 aliphatic heterocycles. The van der Waals surface area contributed by atoms with Gasteiger partial charge in [0.15, 0.2) is 0 Å². The van der Waals surface area contributed by atoms with Crippen LogP contribution in [-0.2, 0) is 11.8 Å². The largest absolute Gasteiger partial charge is 0.497 e. The summed E-state index contributed by atoms with van der Waals surface area (Å²) in [5.41, 5.74) is 3.31. The Kier molecular flexibility index (Phi) is 4.50. The molecule has 2 rings (SSSR count). The molecule has 0 spiro atoms. The fourth-order valence-electron chi connectivity index (χ4n) is 2.53. The highest BCUT2D eigenvalue weighted by atomic mass is 16.6. The van der Waals surface area contributed by atoms with Gasteiger partial charge in [-0.25, -0.2) is 0 Å². The Hall–Kier alpha value is -2.36. The van der Waals surface area contributed by atoms with Crippen LogP contribution in [0.3, 0.4) is 0 Å². The zero-order valence-electron chi connectivity index (χ0n) is 13.4. The quantitative estimate of drug-likeness (QED) is 0.617. The fraction of sp³-hybridized carbons (Fsp3) is 0.333. The first kappa shape index (κ1) is 16.0. The smallest absolute Gasteiger partial charge is 0.269 e. The molecule has 0 bridgehead atoms. The highest BCUT2D eigenvalue weighted by Gasteiger charge is 2.20. The monoisotopic (exact) mass is 299 g/mol. The highest BCUT2D eigenvalue weighted by Crippen LogP contribution is 2.30. The maximum absolute atomic E-state index is 11.0. The summed E-state index contributed by atoms with van der Waals surface area (Å²) in [7, 11) is 1.63. The zero-order chi connectivity index (χ0) is 16.3. The Balaban J connectivity index is 2.41. The fourth-order valence-corrected chi connectivity index (χ4v) is 2.53. The molecule has 0 atom stereocenters. The van der Waals surface area contributed by atoms with E-state index in [0.717, 1.165) is 22.4 Å². The van der Waals surface area contributed by atoms with Crippen molar-refractivity contribution in [3.05, 3.63) is 69.3 Å². The second-order valence-corrected chi connectivity index (χ2v) is 6.37. The van der Waals surface area contributed by atoms with Crippen LogP contribution in [0.4, 0.5) is 5.69 Å². The SMILES string of the molecule is COc1ccc(Cc2cc([N+](=O)[O-])ccc2C(C)(C)C)cc1. The molecule has 0 saturated carbocycles. The lowest BCUT2D eigenvalue weighted by Gasteiger charge is -2.23. The summed E-state index contributed by atoms with van der Waals surface area (Å²) in [4.78, 5) is 10.7. The predicted octanol–water partition coefficient (Wildman–Crippen LogP) is 4.49. The summed E-state index contributed by atoms with van der Waals surface area (Å²) in [6.07, 6.45) is 0.665. The number of nitro groups is 1. The van der Waals surface area contributed by atoms with Crippen LogP contribution in [0.2, 0.25) is 0 Å². The number of ether oxygens (including phenoxy) is 1. The number of non-ortho nitro benzene ring substituents is 1. The maximum Gasteiger partial charge on any atom is 0.269 e. The number of rotatable bonds is 4. The van der Waals surface area contributed by atoms with Gasteiger partial charge in [-0.05, 0) is 40.7 Å². The topological polar surface area (TPSA) is 52.4 Å². The van der Waals surface area contributed by atoms with Crippen molar-refractivity contribution in [2.24, 2.45) is 0 Å². The Labute approximate surface area is 130 Å². The van der Waals surface area contributed by atoms with Gasteiger partial charge in [0, 0.05) is 12.1 Å². The first-order valence-corrected chi connectivity index (χ1v) is 7.22. The van der Waals surface area contributed by atoms with Gasteiger partial charge in [-0.2, -0.15) is 0 Å². The van der Waals surface area contributed by atoms with E-state index in [1.54, 1.807) is 19.2 Å². The van der Waals surface area contributed by atoms with Gasteiger partial charge in [0.2, 0.25) is 0 Å². The van der Waals surface area contributed by atoms with Crippen molar-refractivity contribution in [1.29, 1.82) is 0 Å². The van der Waals surface area contributed by atoms with Crippen molar-refractivity contribution < 1.29 is 9.66 Å². The van der Waals surface area contributed by atoms with Crippen molar-refractivity contribution in [3.63, 3.8) is 0 Å². The van der Waals surface area contributed by atoms with E-state index in [2.05, 4.69) is 20.8 Å². The van der Waals surface area contributed by atoms with Crippen molar-refractivity contribution in [1.82, 2.24) is 0 Å². The number of nitro benzene ring substituents is 1. The Morgan fingerprint density at radius 3 is 2.23 bits per heavy atom. The normalized spacial score (nSPS) is 11.3. The molecule has 0 aliphatic rings. The molecule has 4 nitrogen and oxygen atoms in total. The molecular formula is C18H21NO3. The third-order valence-corrected chi connectivity index (χ3v) is 3.66. The minimum absolute atomic E-state index is 0.0586. The summed E-state index contributed by atoms with van der Waals surface area (Å²) in [5.74, 6) is 0.804. The molecule has 2 aromatic rings. The van der Waals surface area contributed by atoms with E-state index in [4.69, 9.17) is 4.74 Å². The summed E-state index contributed by atoms with van der Waals surface area (Å²) in [5, 5.41) is 11.0. The number of benzene rings is 2. The van der Waals surface area contributed by atoms with Gasteiger partial charge < -0.3 is 4.74 Å². The van der Waals surface area contributed by atoms with Crippen LogP contribution < -0.4 is 4.74 Å². The molecule has 4 heteroatoms.